The van der Waals surface area contributed by atoms with E-state index >= 15 is 0 Å². The molecule has 110 valence electrons. The lowest BCUT2D eigenvalue weighted by Crippen LogP contribution is -2.07. The summed E-state index contributed by atoms with van der Waals surface area (Å²) < 4.78 is 5.86. The number of nitrogens with one attached hydrogen (secondary N) is 1. The first-order chi connectivity index (χ1) is 9.90. The number of hydrogen-bond acceptors (Lipinski definition) is 4. The quantitative estimate of drug-likeness (QED) is 0.642. The second-order valence-corrected chi connectivity index (χ2v) is 5.47. The minimum absolute atomic E-state index is 0.351. The number of nitrogens with zero attached hydrogens (tertiary/aromatic N) is 1. The number of pyridine rings is 1. The number of rotatable bonds is 4. The van der Waals surface area contributed by atoms with Crippen molar-refractivity contribution in [2.45, 2.75) is 20.0 Å². The highest BCUT2D eigenvalue weighted by molar-refractivity contribution is 6.35. The Morgan fingerprint density at radius 3 is 2.48 bits per heavy atom. The van der Waals surface area contributed by atoms with E-state index in [9.17, 15) is 0 Å². The summed E-state index contributed by atoms with van der Waals surface area (Å²) >= 11 is 12.2. The highest BCUT2D eigenvalue weighted by atomic mass is 35.5. The molecule has 0 saturated heterocycles. The van der Waals surface area contributed by atoms with E-state index < -0.39 is 0 Å². The van der Waals surface area contributed by atoms with Crippen molar-refractivity contribution in [1.82, 2.24) is 4.98 Å². The molecule has 0 radical (unpaired) electrons. The third-order valence-corrected chi connectivity index (χ3v) is 3.64. The van der Waals surface area contributed by atoms with Crippen LogP contribution in [-0.4, -0.2) is 10.7 Å². The van der Waals surface area contributed by atoms with Gasteiger partial charge in [0, 0.05) is 34.9 Å². The lowest BCUT2D eigenvalue weighted by Gasteiger charge is -2.18. The Morgan fingerprint density at radius 1 is 1.29 bits per heavy atom. The number of halogens is 2. The Morgan fingerprint density at radius 2 is 1.90 bits per heavy atom. The molecule has 1 aromatic carbocycles. The van der Waals surface area contributed by atoms with E-state index in [-0.39, 0.29) is 6.10 Å². The normalized spacial score (nSPS) is 12.0. The number of hydrogen-bond donors (Lipinski definition) is 2. The second-order valence-electron chi connectivity index (χ2n) is 4.65. The van der Waals surface area contributed by atoms with Gasteiger partial charge in [-0.15, -0.1) is 0 Å². The molecule has 0 fully saturated rings. The largest absolute Gasteiger partial charge is 0.486 e. The first-order valence-electron chi connectivity index (χ1n) is 6.30. The summed E-state index contributed by atoms with van der Waals surface area (Å²) in [4.78, 5) is 3.92. The van der Waals surface area contributed by atoms with Gasteiger partial charge in [0.2, 0.25) is 0 Å². The molecule has 0 unspecified atom stereocenters. The molecule has 2 rings (SSSR count). The van der Waals surface area contributed by atoms with Crippen LogP contribution in [0.4, 0.5) is 5.69 Å². The third-order valence-electron chi connectivity index (χ3n) is 3.04. The monoisotopic (exact) mass is 323 g/mol. The van der Waals surface area contributed by atoms with E-state index in [4.69, 9.17) is 39.1 Å². The zero-order valence-corrected chi connectivity index (χ0v) is 13.2. The Bertz CT molecular complexity index is 668. The zero-order chi connectivity index (χ0) is 15.6. The number of nitrogens with two attached hydrogens (primary N) is 1. The average Bonchev–Trinajstić information content (AvgIpc) is 2.40. The molecular weight excluding hydrogens is 309 g/mol. The van der Waals surface area contributed by atoms with E-state index in [1.165, 1.54) is 12.4 Å². The van der Waals surface area contributed by atoms with Crippen molar-refractivity contribution < 1.29 is 4.74 Å². The minimum Gasteiger partial charge on any atom is -0.486 e. The summed E-state index contributed by atoms with van der Waals surface area (Å²) in [6.07, 6.45) is 2.70. The molecule has 2 aromatic rings. The molecule has 0 bridgehead atoms. The fraction of sp³-hybridized carbons (Fsp3) is 0.200. The second kappa shape index (κ2) is 6.33. The Balaban J connectivity index is 2.30. The highest BCUT2D eigenvalue weighted by Crippen LogP contribution is 2.33. The van der Waals surface area contributed by atoms with Gasteiger partial charge >= 0.3 is 0 Å². The van der Waals surface area contributed by atoms with E-state index in [0.717, 1.165) is 0 Å². The molecule has 0 aliphatic heterocycles. The van der Waals surface area contributed by atoms with E-state index in [1.807, 2.05) is 6.92 Å². The molecule has 1 aromatic heterocycles. The van der Waals surface area contributed by atoms with Crippen LogP contribution in [0.3, 0.4) is 0 Å². The van der Waals surface area contributed by atoms with Gasteiger partial charge in [0.05, 0.1) is 10.0 Å². The van der Waals surface area contributed by atoms with Gasteiger partial charge in [0.25, 0.3) is 0 Å². The smallest absolute Gasteiger partial charge is 0.124 e. The number of ether oxygens (including phenoxy) is 1. The number of benzene rings is 1. The molecule has 0 aliphatic rings. The van der Waals surface area contributed by atoms with Crippen molar-refractivity contribution in [3.05, 3.63) is 51.8 Å². The zero-order valence-electron chi connectivity index (χ0n) is 11.7. The Kier molecular flexibility index (Phi) is 4.70. The average molecular weight is 324 g/mol. The van der Waals surface area contributed by atoms with Crippen molar-refractivity contribution in [3.63, 3.8) is 0 Å². The molecule has 21 heavy (non-hydrogen) atoms. The third kappa shape index (κ3) is 3.46. The molecule has 4 nitrogen and oxygen atoms in total. The molecule has 1 atom stereocenters. The summed E-state index contributed by atoms with van der Waals surface area (Å²) in [5.41, 5.74) is 8.08. The predicted molar refractivity (Wildman–Crippen MR) is 86.7 cm³/mol. The maximum absolute atomic E-state index is 7.70. The maximum atomic E-state index is 7.70. The summed E-state index contributed by atoms with van der Waals surface area (Å²) in [6, 6.07) is 5.20. The van der Waals surface area contributed by atoms with Crippen molar-refractivity contribution in [1.29, 1.82) is 5.41 Å². The Labute approximate surface area is 133 Å². The van der Waals surface area contributed by atoms with Crippen LogP contribution < -0.4 is 10.5 Å². The van der Waals surface area contributed by atoms with Crippen LogP contribution in [-0.2, 0) is 0 Å². The fourth-order valence-electron chi connectivity index (χ4n) is 2.01. The van der Waals surface area contributed by atoms with Crippen molar-refractivity contribution in [2.24, 2.45) is 0 Å². The van der Waals surface area contributed by atoms with Gasteiger partial charge < -0.3 is 15.9 Å². The lowest BCUT2D eigenvalue weighted by atomic mass is 10.1. The van der Waals surface area contributed by atoms with Gasteiger partial charge in [-0.25, -0.2) is 0 Å². The SMILES string of the molecule is CC(=N)c1cc(O[C@H](C)c2c(Cl)cncc2Cl)ccc1N. The number of aromatic nitrogens is 1. The van der Waals surface area contributed by atoms with Crippen LogP contribution in [0.5, 0.6) is 5.75 Å². The van der Waals surface area contributed by atoms with Crippen molar-refractivity contribution in [2.75, 3.05) is 5.73 Å². The summed E-state index contributed by atoms with van der Waals surface area (Å²) in [5, 5.41) is 8.61. The number of nitrogen functional groups attached to an aromatic ring is 1. The topological polar surface area (TPSA) is 72.0 Å². The molecule has 0 amide bonds. The van der Waals surface area contributed by atoms with Crippen molar-refractivity contribution >= 4 is 34.6 Å². The van der Waals surface area contributed by atoms with E-state index in [2.05, 4.69) is 4.98 Å². The molecule has 1 heterocycles. The van der Waals surface area contributed by atoms with Crippen LogP contribution in [0.25, 0.3) is 0 Å². The molecule has 0 saturated carbocycles. The van der Waals surface area contributed by atoms with Crippen molar-refractivity contribution in [3.8, 4) is 5.75 Å². The van der Waals surface area contributed by atoms with Crippen LogP contribution in [0.1, 0.15) is 31.1 Å². The van der Waals surface area contributed by atoms with Crippen LogP contribution in [0, 0.1) is 5.41 Å². The highest BCUT2D eigenvalue weighted by Gasteiger charge is 2.16. The van der Waals surface area contributed by atoms with Crippen LogP contribution >= 0.6 is 23.2 Å². The fourth-order valence-corrected chi connectivity index (χ4v) is 2.68. The summed E-state index contributed by atoms with van der Waals surface area (Å²) in [6.45, 7) is 3.52. The first kappa shape index (κ1) is 15.6. The van der Waals surface area contributed by atoms with Crippen LogP contribution in [0.15, 0.2) is 30.6 Å². The Hall–Kier alpha value is -1.78. The molecule has 6 heteroatoms. The van der Waals surface area contributed by atoms with Gasteiger partial charge in [-0.1, -0.05) is 23.2 Å². The molecule has 0 spiro atoms. The van der Waals surface area contributed by atoms with Gasteiger partial charge in [-0.05, 0) is 32.0 Å². The number of anilines is 1. The van der Waals surface area contributed by atoms with Gasteiger partial charge in [-0.3, -0.25) is 4.98 Å². The van der Waals surface area contributed by atoms with Gasteiger partial charge in [0.1, 0.15) is 11.9 Å². The van der Waals surface area contributed by atoms with Gasteiger partial charge in [0.15, 0.2) is 0 Å². The predicted octanol–water partition coefficient (Wildman–Crippen LogP) is 4.50. The van der Waals surface area contributed by atoms with Gasteiger partial charge in [-0.2, -0.15) is 0 Å². The molecule has 0 aliphatic carbocycles. The summed E-state index contributed by atoms with van der Waals surface area (Å²) in [7, 11) is 0. The standard InChI is InChI=1S/C15H15Cl2N3O/c1-8(18)11-5-10(3-4-14(11)19)21-9(2)15-12(16)6-20-7-13(15)17/h3-7,9,18H,19H2,1-2H3/t9-/m1/s1. The maximum Gasteiger partial charge on any atom is 0.124 e. The van der Waals surface area contributed by atoms with E-state index in [0.29, 0.717) is 38.3 Å². The molecular formula is C15H15Cl2N3O. The lowest BCUT2D eigenvalue weighted by molar-refractivity contribution is 0.227. The summed E-state index contributed by atoms with van der Waals surface area (Å²) in [5.74, 6) is 0.599. The van der Waals surface area contributed by atoms with E-state index in [1.54, 1.807) is 25.1 Å². The minimum atomic E-state index is -0.351. The molecule has 3 N–H and O–H groups in total. The van der Waals surface area contributed by atoms with Crippen LogP contribution in [0.2, 0.25) is 10.0 Å². The first-order valence-corrected chi connectivity index (χ1v) is 7.06.